The van der Waals surface area contributed by atoms with E-state index >= 15 is 0 Å². The molecule has 6 rings (SSSR count). The third kappa shape index (κ3) is 1.81. The van der Waals surface area contributed by atoms with Crippen molar-refractivity contribution in [2.24, 2.45) is 5.92 Å². The molecule has 3 fully saturated rings. The number of ether oxygens (including phenoxy) is 1. The Morgan fingerprint density at radius 2 is 1.96 bits per heavy atom. The summed E-state index contributed by atoms with van der Waals surface area (Å²) in [6, 6.07) is 3.59. The van der Waals surface area contributed by atoms with Crippen molar-refractivity contribution in [1.29, 1.82) is 0 Å². The number of benzene rings is 1. The first-order valence-corrected chi connectivity index (χ1v) is 10.3. The number of hydrogen-bond acceptors (Lipinski definition) is 6. The van der Waals surface area contributed by atoms with Gasteiger partial charge in [-0.05, 0) is 62.6 Å². The van der Waals surface area contributed by atoms with E-state index in [1.54, 1.807) is 6.07 Å². The molecule has 2 aliphatic heterocycles. The number of likely N-dealkylation sites (tertiary alicyclic amines) is 1. The molecule has 6 nitrogen and oxygen atoms in total. The van der Waals surface area contributed by atoms with Crippen LogP contribution in [-0.2, 0) is 11.8 Å². The van der Waals surface area contributed by atoms with E-state index in [4.69, 9.17) is 4.74 Å². The van der Waals surface area contributed by atoms with Gasteiger partial charge in [-0.15, -0.1) is 0 Å². The Kier molecular flexibility index (Phi) is 3.18. The molecule has 7 atom stereocenters. The molecule has 2 heterocycles. The number of nitrogens with zero attached hydrogens (tertiary/aromatic N) is 1. The second-order valence-corrected chi connectivity index (χ2v) is 9.36. The summed E-state index contributed by atoms with van der Waals surface area (Å²) in [4.78, 5) is 2.38. The van der Waals surface area contributed by atoms with E-state index < -0.39 is 23.2 Å². The van der Waals surface area contributed by atoms with Gasteiger partial charge in [-0.25, -0.2) is 0 Å². The predicted octanol–water partition coefficient (Wildman–Crippen LogP) is 0.678. The van der Waals surface area contributed by atoms with Gasteiger partial charge in [-0.3, -0.25) is 4.90 Å². The first kappa shape index (κ1) is 16.6. The lowest BCUT2D eigenvalue weighted by Crippen LogP contribution is -2.77. The number of piperidine rings is 1. The van der Waals surface area contributed by atoms with E-state index in [1.807, 2.05) is 6.07 Å². The van der Waals surface area contributed by atoms with Crippen LogP contribution in [-0.4, -0.2) is 68.4 Å². The molecule has 4 N–H and O–H groups in total. The van der Waals surface area contributed by atoms with Gasteiger partial charge in [0.15, 0.2) is 11.5 Å². The first-order valence-electron chi connectivity index (χ1n) is 10.3. The highest BCUT2D eigenvalue weighted by atomic mass is 16.5. The monoisotopic (exact) mass is 373 g/mol. The molecule has 2 bridgehead atoms. The van der Waals surface area contributed by atoms with Crippen molar-refractivity contribution in [3.63, 3.8) is 0 Å². The molecule has 1 aromatic carbocycles. The van der Waals surface area contributed by atoms with Crippen molar-refractivity contribution in [2.45, 2.75) is 73.9 Å². The van der Waals surface area contributed by atoms with E-state index in [-0.39, 0.29) is 17.9 Å². The van der Waals surface area contributed by atoms with Crippen LogP contribution in [0.1, 0.15) is 43.2 Å². The summed E-state index contributed by atoms with van der Waals surface area (Å²) in [5.41, 5.74) is 0.433. The van der Waals surface area contributed by atoms with Gasteiger partial charge in [-0.2, -0.15) is 0 Å². The number of aliphatic hydroxyl groups is 3. The lowest BCUT2D eigenvalue weighted by atomic mass is 9.48. The number of rotatable bonds is 2. The Bertz CT molecular complexity index is 814. The first-order chi connectivity index (χ1) is 13.0. The van der Waals surface area contributed by atoms with Crippen LogP contribution in [0.25, 0.3) is 0 Å². The summed E-state index contributed by atoms with van der Waals surface area (Å²) in [5.74, 6) is 0.868. The van der Waals surface area contributed by atoms with Gasteiger partial charge < -0.3 is 25.2 Å². The van der Waals surface area contributed by atoms with Crippen LogP contribution >= 0.6 is 0 Å². The minimum absolute atomic E-state index is 0.0411. The third-order valence-corrected chi connectivity index (χ3v) is 8.39. The summed E-state index contributed by atoms with van der Waals surface area (Å²) in [6.07, 6.45) is 3.04. The van der Waals surface area contributed by atoms with Crippen molar-refractivity contribution in [2.75, 3.05) is 13.1 Å². The highest BCUT2D eigenvalue weighted by Gasteiger charge is 2.72. The smallest absolute Gasteiger partial charge is 0.165 e. The number of phenols is 1. The molecule has 5 aliphatic rings. The Balaban J connectivity index is 1.49. The third-order valence-electron chi connectivity index (χ3n) is 8.39. The molecular weight excluding hydrogens is 346 g/mol. The summed E-state index contributed by atoms with van der Waals surface area (Å²) in [5, 5.41) is 43.3. The van der Waals surface area contributed by atoms with E-state index in [0.717, 1.165) is 43.5 Å². The van der Waals surface area contributed by atoms with Crippen LogP contribution < -0.4 is 4.74 Å². The second-order valence-electron chi connectivity index (χ2n) is 9.36. The Hall–Kier alpha value is -1.34. The molecule has 2 unspecified atom stereocenters. The largest absolute Gasteiger partial charge is 0.504 e. The molecule has 6 heteroatoms. The molecule has 0 amide bonds. The summed E-state index contributed by atoms with van der Waals surface area (Å²) in [6.45, 7) is 1.63. The van der Waals surface area contributed by atoms with Crippen LogP contribution in [0.4, 0.5) is 0 Å². The van der Waals surface area contributed by atoms with Crippen molar-refractivity contribution in [3.05, 3.63) is 23.3 Å². The topological polar surface area (TPSA) is 93.4 Å². The maximum Gasteiger partial charge on any atom is 0.165 e. The summed E-state index contributed by atoms with van der Waals surface area (Å²) in [7, 11) is 0. The molecule has 3 aliphatic carbocycles. The van der Waals surface area contributed by atoms with Crippen molar-refractivity contribution in [1.82, 2.24) is 4.90 Å². The molecule has 0 aromatic heterocycles. The maximum absolute atomic E-state index is 12.1. The quantitative estimate of drug-likeness (QED) is 0.609. The van der Waals surface area contributed by atoms with Crippen LogP contribution in [0.15, 0.2) is 12.1 Å². The molecule has 27 heavy (non-hydrogen) atoms. The Morgan fingerprint density at radius 3 is 2.70 bits per heavy atom. The number of phenolic OH excluding ortho intramolecular Hbond substituents is 1. The number of hydrogen-bond donors (Lipinski definition) is 4. The number of aromatic hydroxyl groups is 1. The zero-order valence-corrected chi connectivity index (χ0v) is 15.3. The average molecular weight is 373 g/mol. The normalized spacial score (nSPS) is 47.1. The highest BCUT2D eigenvalue weighted by Crippen LogP contribution is 2.65. The molecule has 146 valence electrons. The predicted molar refractivity (Wildman–Crippen MR) is 96.8 cm³/mol. The molecule has 2 saturated carbocycles. The van der Waals surface area contributed by atoms with Gasteiger partial charge in [0.1, 0.15) is 6.10 Å². The minimum Gasteiger partial charge on any atom is -0.504 e. The van der Waals surface area contributed by atoms with E-state index in [0.29, 0.717) is 30.9 Å². The van der Waals surface area contributed by atoms with Gasteiger partial charge in [0.2, 0.25) is 0 Å². The van der Waals surface area contributed by atoms with Crippen LogP contribution in [0.5, 0.6) is 11.5 Å². The standard InChI is InChI=1S/C21H27NO5/c23-13-3-2-12(13)10-22-8-7-20-17-11-1-4-14(24)18(17)27-19(20)15(25)5-6-21(20,26)16(22)9-11/h1,4,12-13,15-16,19,23-26H,2-3,5-10H2/t12?,13?,15-,16+,19-,20-,21+/m0/s1. The fourth-order valence-electron chi connectivity index (χ4n) is 6.89. The minimum atomic E-state index is -0.976. The lowest BCUT2D eigenvalue weighted by Gasteiger charge is -2.64. The lowest BCUT2D eigenvalue weighted by molar-refractivity contribution is -0.211. The number of aliphatic hydroxyl groups excluding tert-OH is 2. The van der Waals surface area contributed by atoms with E-state index in [1.165, 1.54) is 0 Å². The van der Waals surface area contributed by atoms with Crippen molar-refractivity contribution >= 4 is 0 Å². The molecule has 1 aromatic rings. The Morgan fingerprint density at radius 1 is 1.11 bits per heavy atom. The second kappa shape index (κ2) is 5.17. The Labute approximate surface area is 158 Å². The van der Waals surface area contributed by atoms with Crippen LogP contribution in [0.3, 0.4) is 0 Å². The summed E-state index contributed by atoms with van der Waals surface area (Å²) >= 11 is 0. The maximum atomic E-state index is 12.1. The fraction of sp³-hybridized carbons (Fsp3) is 0.714. The van der Waals surface area contributed by atoms with Crippen LogP contribution in [0.2, 0.25) is 0 Å². The van der Waals surface area contributed by atoms with Crippen LogP contribution in [0, 0.1) is 5.92 Å². The van der Waals surface area contributed by atoms with E-state index in [9.17, 15) is 20.4 Å². The van der Waals surface area contributed by atoms with Crippen molar-refractivity contribution in [3.8, 4) is 11.5 Å². The molecular formula is C21H27NO5. The van der Waals surface area contributed by atoms with Gasteiger partial charge >= 0.3 is 0 Å². The fourth-order valence-corrected chi connectivity index (χ4v) is 6.89. The highest BCUT2D eigenvalue weighted by molar-refractivity contribution is 5.62. The summed E-state index contributed by atoms with van der Waals surface area (Å²) < 4.78 is 6.13. The SMILES string of the molecule is Oc1ccc2c3c1O[C@H]1[C@@H](O)CC[C@@]4(O)[C@@H](C2)N(CC2CCC2O)CC[C@]314. The molecule has 1 saturated heterocycles. The average Bonchev–Trinajstić information content (AvgIpc) is 3.00. The van der Waals surface area contributed by atoms with Gasteiger partial charge in [-0.1, -0.05) is 6.07 Å². The van der Waals surface area contributed by atoms with Gasteiger partial charge in [0.25, 0.3) is 0 Å². The van der Waals surface area contributed by atoms with Crippen molar-refractivity contribution < 1.29 is 25.2 Å². The zero-order chi connectivity index (χ0) is 18.6. The van der Waals surface area contributed by atoms with Gasteiger partial charge in [0, 0.05) is 18.2 Å². The van der Waals surface area contributed by atoms with Gasteiger partial charge in [0.05, 0.1) is 23.2 Å². The molecule has 0 radical (unpaired) electrons. The molecule has 1 spiro atoms. The van der Waals surface area contributed by atoms with E-state index in [2.05, 4.69) is 4.90 Å². The zero-order valence-electron chi connectivity index (χ0n) is 15.3.